The van der Waals surface area contributed by atoms with Crippen LogP contribution in [0.2, 0.25) is 0 Å². The predicted molar refractivity (Wildman–Crippen MR) is 106 cm³/mol. The van der Waals surface area contributed by atoms with E-state index in [9.17, 15) is 9.59 Å². The summed E-state index contributed by atoms with van der Waals surface area (Å²) in [6.07, 6.45) is 0. The Hall–Kier alpha value is -3.48. The molecule has 7 heteroatoms. The summed E-state index contributed by atoms with van der Waals surface area (Å²) in [5, 5.41) is 8.38. The molecule has 0 fully saturated rings. The van der Waals surface area contributed by atoms with Crippen LogP contribution >= 0.6 is 0 Å². The molecule has 1 unspecified atom stereocenters. The van der Waals surface area contributed by atoms with Crippen LogP contribution in [-0.2, 0) is 4.79 Å². The number of urea groups is 1. The normalized spacial score (nSPS) is 16.1. The molecule has 0 saturated heterocycles. The van der Waals surface area contributed by atoms with Crippen molar-refractivity contribution in [1.29, 1.82) is 0 Å². The first-order valence-corrected chi connectivity index (χ1v) is 8.99. The number of para-hydroxylation sites is 2. The van der Waals surface area contributed by atoms with E-state index in [1.54, 1.807) is 38.3 Å². The lowest BCUT2D eigenvalue weighted by atomic mass is 9.94. The minimum Gasteiger partial charge on any atom is -0.497 e. The lowest BCUT2D eigenvalue weighted by Crippen LogP contribution is -2.46. The zero-order valence-corrected chi connectivity index (χ0v) is 16.0. The van der Waals surface area contributed by atoms with Crippen molar-refractivity contribution in [3.8, 4) is 11.5 Å². The highest BCUT2D eigenvalue weighted by molar-refractivity contribution is 6.07. The smallest absolute Gasteiger partial charge is 0.319 e. The fraction of sp³-hybridized carbons (Fsp3) is 0.238. The number of ether oxygens (including phenoxy) is 2. The third-order valence-corrected chi connectivity index (χ3v) is 4.38. The van der Waals surface area contributed by atoms with Crippen LogP contribution in [0, 0.1) is 0 Å². The molecular weight excluding hydrogens is 358 g/mol. The quantitative estimate of drug-likeness (QED) is 0.716. The Bertz CT molecular complexity index is 923. The lowest BCUT2D eigenvalue weighted by molar-refractivity contribution is -0.113. The number of carbonyl (C=O) groups is 2. The van der Waals surface area contributed by atoms with Gasteiger partial charge in [-0.2, -0.15) is 0 Å². The Morgan fingerprint density at radius 3 is 2.71 bits per heavy atom. The molecule has 3 rings (SSSR count). The number of allylic oxidation sites excluding steroid dienone is 1. The second-order valence-electron chi connectivity index (χ2n) is 6.23. The van der Waals surface area contributed by atoms with Gasteiger partial charge in [0.2, 0.25) is 0 Å². The first kappa shape index (κ1) is 19.3. The molecule has 0 radical (unpaired) electrons. The van der Waals surface area contributed by atoms with Crippen LogP contribution < -0.4 is 25.4 Å². The van der Waals surface area contributed by atoms with Gasteiger partial charge in [-0.1, -0.05) is 24.3 Å². The van der Waals surface area contributed by atoms with Gasteiger partial charge in [0, 0.05) is 5.70 Å². The summed E-state index contributed by atoms with van der Waals surface area (Å²) in [4.78, 5) is 25.2. The van der Waals surface area contributed by atoms with E-state index in [0.717, 1.165) is 5.56 Å². The van der Waals surface area contributed by atoms with E-state index in [0.29, 0.717) is 35.1 Å². The number of nitrogens with one attached hydrogen (secondary N) is 3. The summed E-state index contributed by atoms with van der Waals surface area (Å²) in [7, 11) is 1.57. The molecule has 0 bridgehead atoms. The first-order chi connectivity index (χ1) is 13.5. The number of hydrogen-bond acceptors (Lipinski definition) is 4. The maximum Gasteiger partial charge on any atom is 0.319 e. The SMILES string of the molecule is CCOc1ccccc1NC(=O)C1=C(C)NC(=O)NC1c1cccc(OC)c1. The summed E-state index contributed by atoms with van der Waals surface area (Å²) < 4.78 is 10.9. The molecule has 0 aromatic heterocycles. The summed E-state index contributed by atoms with van der Waals surface area (Å²) >= 11 is 0. The minimum atomic E-state index is -0.608. The zero-order valence-electron chi connectivity index (χ0n) is 16.0. The van der Waals surface area contributed by atoms with E-state index in [4.69, 9.17) is 9.47 Å². The van der Waals surface area contributed by atoms with Crippen LogP contribution in [0.15, 0.2) is 59.8 Å². The van der Waals surface area contributed by atoms with Gasteiger partial charge >= 0.3 is 6.03 Å². The van der Waals surface area contributed by atoms with Gasteiger partial charge in [-0.05, 0) is 43.7 Å². The van der Waals surface area contributed by atoms with Crippen molar-refractivity contribution >= 4 is 17.6 Å². The third-order valence-electron chi connectivity index (χ3n) is 4.38. The molecule has 0 saturated carbocycles. The van der Waals surface area contributed by atoms with E-state index in [1.165, 1.54) is 0 Å². The highest BCUT2D eigenvalue weighted by Crippen LogP contribution is 2.31. The zero-order chi connectivity index (χ0) is 20.1. The average molecular weight is 381 g/mol. The average Bonchev–Trinajstić information content (AvgIpc) is 2.69. The summed E-state index contributed by atoms with van der Waals surface area (Å²) in [5.41, 5.74) is 2.22. The van der Waals surface area contributed by atoms with Crippen LogP contribution in [0.25, 0.3) is 0 Å². The van der Waals surface area contributed by atoms with Gasteiger partial charge in [0.25, 0.3) is 5.91 Å². The summed E-state index contributed by atoms with van der Waals surface area (Å²) in [6.45, 7) is 4.07. The van der Waals surface area contributed by atoms with Crippen LogP contribution in [0.4, 0.5) is 10.5 Å². The van der Waals surface area contributed by atoms with Gasteiger partial charge < -0.3 is 25.4 Å². The van der Waals surface area contributed by atoms with Crippen molar-refractivity contribution < 1.29 is 19.1 Å². The Balaban J connectivity index is 1.95. The molecular formula is C21H23N3O4. The minimum absolute atomic E-state index is 0.329. The molecule has 3 amide bonds. The second-order valence-corrected chi connectivity index (χ2v) is 6.23. The molecule has 0 spiro atoms. The van der Waals surface area contributed by atoms with E-state index in [-0.39, 0.29) is 11.9 Å². The molecule has 3 N–H and O–H groups in total. The Kier molecular flexibility index (Phi) is 5.84. The number of methoxy groups -OCH3 is 1. The Morgan fingerprint density at radius 2 is 1.96 bits per heavy atom. The van der Waals surface area contributed by atoms with Crippen molar-refractivity contribution in [2.24, 2.45) is 0 Å². The van der Waals surface area contributed by atoms with Crippen LogP contribution in [0.3, 0.4) is 0 Å². The molecule has 0 aliphatic carbocycles. The topological polar surface area (TPSA) is 88.7 Å². The number of rotatable bonds is 6. The molecule has 1 heterocycles. The molecule has 28 heavy (non-hydrogen) atoms. The van der Waals surface area contributed by atoms with Crippen LogP contribution in [-0.4, -0.2) is 25.7 Å². The third kappa shape index (κ3) is 4.09. The maximum atomic E-state index is 13.1. The highest BCUT2D eigenvalue weighted by Gasteiger charge is 2.31. The van der Waals surface area contributed by atoms with Gasteiger partial charge in [0.15, 0.2) is 0 Å². The van der Waals surface area contributed by atoms with Crippen LogP contribution in [0.5, 0.6) is 11.5 Å². The lowest BCUT2D eigenvalue weighted by Gasteiger charge is -2.29. The van der Waals surface area contributed by atoms with E-state index in [1.807, 2.05) is 31.2 Å². The maximum absolute atomic E-state index is 13.1. The van der Waals surface area contributed by atoms with E-state index in [2.05, 4.69) is 16.0 Å². The summed E-state index contributed by atoms with van der Waals surface area (Å²) in [5.74, 6) is 0.900. The summed E-state index contributed by atoms with van der Waals surface area (Å²) in [6, 6.07) is 13.5. The number of carbonyl (C=O) groups excluding carboxylic acids is 2. The number of anilines is 1. The molecule has 1 aliphatic heterocycles. The molecule has 2 aromatic rings. The van der Waals surface area contributed by atoms with Gasteiger partial charge in [-0.3, -0.25) is 4.79 Å². The number of hydrogen-bond donors (Lipinski definition) is 3. The second kappa shape index (κ2) is 8.47. The van der Waals surface area contributed by atoms with Gasteiger partial charge in [-0.15, -0.1) is 0 Å². The largest absolute Gasteiger partial charge is 0.497 e. The predicted octanol–water partition coefficient (Wildman–Crippen LogP) is 3.36. The van der Waals surface area contributed by atoms with Gasteiger partial charge in [0.05, 0.1) is 31.0 Å². The first-order valence-electron chi connectivity index (χ1n) is 8.99. The van der Waals surface area contributed by atoms with Crippen molar-refractivity contribution in [2.45, 2.75) is 19.9 Å². The van der Waals surface area contributed by atoms with Gasteiger partial charge in [-0.25, -0.2) is 4.79 Å². The van der Waals surface area contributed by atoms with Crippen LogP contribution in [0.1, 0.15) is 25.5 Å². The standard InChI is InChI=1S/C21H23N3O4/c1-4-28-17-11-6-5-10-16(17)23-20(25)18-13(2)22-21(26)24-19(18)14-8-7-9-15(12-14)27-3/h5-12,19H,4H2,1-3H3,(H,23,25)(H2,22,24,26). The number of benzene rings is 2. The van der Waals surface area contributed by atoms with Gasteiger partial charge in [0.1, 0.15) is 11.5 Å². The van der Waals surface area contributed by atoms with E-state index >= 15 is 0 Å². The fourth-order valence-electron chi connectivity index (χ4n) is 3.11. The highest BCUT2D eigenvalue weighted by atomic mass is 16.5. The van der Waals surface area contributed by atoms with Crippen molar-refractivity contribution in [1.82, 2.24) is 10.6 Å². The Morgan fingerprint density at radius 1 is 1.18 bits per heavy atom. The Labute approximate surface area is 163 Å². The van der Waals surface area contributed by atoms with Crippen molar-refractivity contribution in [3.63, 3.8) is 0 Å². The molecule has 1 aliphatic rings. The molecule has 146 valence electrons. The fourth-order valence-corrected chi connectivity index (χ4v) is 3.11. The van der Waals surface area contributed by atoms with E-state index < -0.39 is 6.04 Å². The molecule has 7 nitrogen and oxygen atoms in total. The van der Waals surface area contributed by atoms with Crippen molar-refractivity contribution in [3.05, 3.63) is 65.4 Å². The molecule has 2 aromatic carbocycles. The number of amides is 3. The molecule has 1 atom stereocenters. The van der Waals surface area contributed by atoms with Crippen molar-refractivity contribution in [2.75, 3.05) is 19.0 Å². The monoisotopic (exact) mass is 381 g/mol.